The second-order valence-electron chi connectivity index (χ2n) is 6.53. The number of unbranched alkanes of at least 4 members (excludes halogenated alkanes) is 1. The van der Waals surface area contributed by atoms with E-state index in [1.165, 1.54) is 37.9 Å². The Morgan fingerprint density at radius 3 is 2.32 bits per heavy atom. The number of likely N-dealkylation sites (tertiary alicyclic amines) is 1. The van der Waals surface area contributed by atoms with E-state index in [1.807, 2.05) is 0 Å². The first-order valence-corrected chi connectivity index (χ1v) is 9.10. The van der Waals surface area contributed by atoms with Gasteiger partial charge in [0.15, 0.2) is 0 Å². The molecule has 5 N–H and O–H groups in total. The summed E-state index contributed by atoms with van der Waals surface area (Å²) in [6, 6.07) is 9.93. The number of hydrogen-bond acceptors (Lipinski definition) is 5. The van der Waals surface area contributed by atoms with Gasteiger partial charge in [-0.3, -0.25) is 9.69 Å². The molecular weight excluding hydrogens is 319 g/mol. The topological polar surface area (TPSA) is 107 Å². The van der Waals surface area contributed by atoms with Crippen LogP contribution >= 0.6 is 0 Å². The average molecular weight is 350 g/mol. The predicted octanol–water partition coefficient (Wildman–Crippen LogP) is 1.71. The number of nitrogens with two attached hydrogens (primary N) is 1. The van der Waals surface area contributed by atoms with Crippen LogP contribution in [0.2, 0.25) is 6.32 Å². The van der Waals surface area contributed by atoms with E-state index in [-0.39, 0.29) is 6.32 Å². The number of carboxylic acids is 1. The number of rotatable bonds is 8. The van der Waals surface area contributed by atoms with Gasteiger partial charge in [-0.2, -0.15) is 0 Å². The van der Waals surface area contributed by atoms with E-state index in [0.29, 0.717) is 19.3 Å². The minimum Gasteiger partial charge on any atom is -0.480 e. The molecule has 1 atom stereocenters. The van der Waals surface area contributed by atoms with Crippen molar-refractivity contribution < 1.29 is 19.9 Å². The van der Waals surface area contributed by atoms with Crippen LogP contribution in [0.1, 0.15) is 44.1 Å². The molecule has 0 bridgehead atoms. The first kappa shape index (κ1) is 21.6. The molecule has 1 fully saturated rings. The summed E-state index contributed by atoms with van der Waals surface area (Å²) < 4.78 is 0. The molecule has 1 heterocycles. The molecular formula is C18H31BN2O4. The van der Waals surface area contributed by atoms with Crippen LogP contribution in [0.25, 0.3) is 0 Å². The van der Waals surface area contributed by atoms with Gasteiger partial charge in [0.2, 0.25) is 0 Å². The zero-order valence-corrected chi connectivity index (χ0v) is 14.9. The Labute approximate surface area is 150 Å². The van der Waals surface area contributed by atoms with Crippen molar-refractivity contribution in [2.24, 2.45) is 5.73 Å². The lowest BCUT2D eigenvalue weighted by Crippen LogP contribution is -2.29. The SMILES string of the molecule is N[C@@H](CCCCB(O)O)C(=O)O.c1ccc(CN2CCCCC2)cc1. The van der Waals surface area contributed by atoms with Crippen LogP contribution in [0.15, 0.2) is 30.3 Å². The maximum atomic E-state index is 10.2. The van der Waals surface area contributed by atoms with Crippen molar-refractivity contribution in [3.05, 3.63) is 35.9 Å². The Kier molecular flexibility index (Phi) is 11.2. The van der Waals surface area contributed by atoms with Crippen LogP contribution in [-0.4, -0.2) is 52.3 Å². The Bertz CT molecular complexity index is 467. The van der Waals surface area contributed by atoms with Crippen molar-refractivity contribution in [1.29, 1.82) is 0 Å². The van der Waals surface area contributed by atoms with E-state index in [4.69, 9.17) is 20.9 Å². The lowest BCUT2D eigenvalue weighted by atomic mass is 9.83. The van der Waals surface area contributed by atoms with Crippen molar-refractivity contribution in [2.45, 2.75) is 57.4 Å². The van der Waals surface area contributed by atoms with Crippen molar-refractivity contribution in [3.63, 3.8) is 0 Å². The summed E-state index contributed by atoms with van der Waals surface area (Å²) in [5.41, 5.74) is 6.66. The van der Waals surface area contributed by atoms with Gasteiger partial charge in [0.1, 0.15) is 6.04 Å². The van der Waals surface area contributed by atoms with Crippen molar-refractivity contribution in [3.8, 4) is 0 Å². The van der Waals surface area contributed by atoms with Crippen molar-refractivity contribution >= 4 is 13.1 Å². The zero-order valence-electron chi connectivity index (χ0n) is 14.9. The van der Waals surface area contributed by atoms with E-state index in [0.717, 1.165) is 6.54 Å². The largest absolute Gasteiger partial charge is 0.480 e. The van der Waals surface area contributed by atoms with Crippen LogP contribution in [0, 0.1) is 0 Å². The molecule has 25 heavy (non-hydrogen) atoms. The van der Waals surface area contributed by atoms with Crippen LogP contribution in [0.3, 0.4) is 0 Å². The number of carbonyl (C=O) groups is 1. The first-order chi connectivity index (χ1) is 12.0. The fraction of sp³-hybridized carbons (Fsp3) is 0.611. The van der Waals surface area contributed by atoms with Crippen LogP contribution in [-0.2, 0) is 11.3 Å². The summed E-state index contributed by atoms with van der Waals surface area (Å²) in [4.78, 5) is 12.8. The molecule has 140 valence electrons. The molecule has 0 aliphatic carbocycles. The number of benzene rings is 1. The highest BCUT2D eigenvalue weighted by Crippen LogP contribution is 2.12. The Morgan fingerprint density at radius 2 is 1.76 bits per heavy atom. The van der Waals surface area contributed by atoms with Crippen LogP contribution < -0.4 is 5.73 Å². The fourth-order valence-corrected chi connectivity index (χ4v) is 2.77. The lowest BCUT2D eigenvalue weighted by Gasteiger charge is -2.26. The van der Waals surface area contributed by atoms with E-state index >= 15 is 0 Å². The third-order valence-corrected chi connectivity index (χ3v) is 4.24. The van der Waals surface area contributed by atoms with Gasteiger partial charge in [-0.1, -0.05) is 49.6 Å². The smallest absolute Gasteiger partial charge is 0.451 e. The maximum absolute atomic E-state index is 10.2. The molecule has 0 unspecified atom stereocenters. The Morgan fingerprint density at radius 1 is 1.12 bits per heavy atom. The lowest BCUT2D eigenvalue weighted by molar-refractivity contribution is -0.138. The van der Waals surface area contributed by atoms with E-state index in [1.54, 1.807) is 0 Å². The molecule has 7 heteroatoms. The zero-order chi connectivity index (χ0) is 18.5. The van der Waals surface area contributed by atoms with Gasteiger partial charge in [0, 0.05) is 6.54 Å². The molecule has 0 spiro atoms. The standard InChI is InChI=1S/C12H17N.C6H14BNO4/c1-3-7-12(8-4-1)11-13-9-5-2-6-10-13;8-5(6(9)10)3-1-2-4-7(11)12/h1,3-4,7-8H,2,5-6,9-11H2;5,11-12H,1-4,8H2,(H,9,10)/t;5-/m.0/s1. The number of nitrogens with zero attached hydrogens (tertiary/aromatic N) is 1. The van der Waals surface area contributed by atoms with Crippen LogP contribution in [0.5, 0.6) is 0 Å². The molecule has 1 aromatic carbocycles. The molecule has 1 aromatic rings. The second-order valence-corrected chi connectivity index (χ2v) is 6.53. The summed E-state index contributed by atoms with van der Waals surface area (Å²) in [6.07, 6.45) is 6.02. The molecule has 1 aliphatic heterocycles. The third kappa shape index (κ3) is 10.9. The molecule has 0 radical (unpaired) electrons. The summed E-state index contributed by atoms with van der Waals surface area (Å²) in [7, 11) is -1.30. The van der Waals surface area contributed by atoms with Gasteiger partial charge in [-0.25, -0.2) is 0 Å². The molecule has 1 aliphatic rings. The third-order valence-electron chi connectivity index (χ3n) is 4.24. The summed E-state index contributed by atoms with van der Waals surface area (Å²) >= 11 is 0. The highest BCUT2D eigenvalue weighted by molar-refractivity contribution is 6.40. The normalized spacial score (nSPS) is 15.8. The van der Waals surface area contributed by atoms with E-state index in [9.17, 15) is 4.79 Å². The minimum absolute atomic E-state index is 0.270. The predicted molar refractivity (Wildman–Crippen MR) is 100 cm³/mol. The maximum Gasteiger partial charge on any atom is 0.451 e. The number of hydrogen-bond donors (Lipinski definition) is 4. The highest BCUT2D eigenvalue weighted by atomic mass is 16.4. The van der Waals surface area contributed by atoms with E-state index < -0.39 is 19.1 Å². The number of aliphatic carboxylic acids is 1. The molecule has 1 saturated heterocycles. The molecule has 6 nitrogen and oxygen atoms in total. The summed E-state index contributed by atoms with van der Waals surface area (Å²) in [5.74, 6) is -1.01. The minimum atomic E-state index is -1.30. The van der Waals surface area contributed by atoms with Gasteiger partial charge in [0.05, 0.1) is 0 Å². The molecule has 0 saturated carbocycles. The summed E-state index contributed by atoms with van der Waals surface area (Å²) in [6.45, 7) is 3.71. The van der Waals surface area contributed by atoms with Gasteiger partial charge in [-0.05, 0) is 44.2 Å². The van der Waals surface area contributed by atoms with Crippen LogP contribution in [0.4, 0.5) is 0 Å². The monoisotopic (exact) mass is 350 g/mol. The number of piperidine rings is 1. The molecule has 2 rings (SSSR count). The quantitative estimate of drug-likeness (QED) is 0.420. The van der Waals surface area contributed by atoms with Gasteiger partial charge in [-0.15, -0.1) is 0 Å². The second kappa shape index (κ2) is 12.9. The van der Waals surface area contributed by atoms with Gasteiger partial charge < -0.3 is 20.9 Å². The summed E-state index contributed by atoms with van der Waals surface area (Å²) in [5, 5.41) is 25.2. The molecule has 0 amide bonds. The Hall–Kier alpha value is -1.41. The molecule has 0 aromatic heterocycles. The fourth-order valence-electron chi connectivity index (χ4n) is 2.77. The first-order valence-electron chi connectivity index (χ1n) is 9.10. The number of carboxylic acid groups (broad SMARTS) is 1. The van der Waals surface area contributed by atoms with Crippen molar-refractivity contribution in [2.75, 3.05) is 13.1 Å². The Balaban J connectivity index is 0.000000252. The highest BCUT2D eigenvalue weighted by Gasteiger charge is 2.12. The van der Waals surface area contributed by atoms with E-state index in [2.05, 4.69) is 35.2 Å². The average Bonchev–Trinajstić information content (AvgIpc) is 2.60. The van der Waals surface area contributed by atoms with Gasteiger partial charge in [0.25, 0.3) is 0 Å². The van der Waals surface area contributed by atoms with Crippen molar-refractivity contribution in [1.82, 2.24) is 4.90 Å². The van der Waals surface area contributed by atoms with Gasteiger partial charge >= 0.3 is 13.1 Å².